The summed E-state index contributed by atoms with van der Waals surface area (Å²) in [6.07, 6.45) is 0.461. The molecule has 0 spiro atoms. The molecule has 3 heterocycles. The smallest absolute Gasteiger partial charge is 0.274 e. The Balaban J connectivity index is 1.70. The van der Waals surface area contributed by atoms with Crippen molar-refractivity contribution in [3.05, 3.63) is 33.0 Å². The fourth-order valence-electron chi connectivity index (χ4n) is 2.78. The fourth-order valence-corrected chi connectivity index (χ4v) is 3.59. The van der Waals surface area contributed by atoms with Crippen molar-refractivity contribution in [2.75, 3.05) is 6.54 Å². The third kappa shape index (κ3) is 3.33. The highest BCUT2D eigenvalue weighted by molar-refractivity contribution is 7.11. The molecule has 1 aliphatic rings. The molecule has 0 bridgehead atoms. The summed E-state index contributed by atoms with van der Waals surface area (Å²) in [6.45, 7) is 7.88. The van der Waals surface area contributed by atoms with Gasteiger partial charge < -0.3 is 10.2 Å². The Labute approximate surface area is 144 Å². The Bertz CT molecular complexity index is 780. The van der Waals surface area contributed by atoms with Crippen molar-refractivity contribution in [3.63, 3.8) is 0 Å². The largest absolute Gasteiger partial charge is 0.350 e. The standard InChI is InChI=1S/C16H21N5O2S/c1-4-14(22)17-8-12-7-13-9-20(5-6-21(13)19-12)16(23)15-10(2)24-11(3)18-15/h7H,4-6,8-9H2,1-3H3,(H,17,22). The molecule has 0 atom stereocenters. The van der Waals surface area contributed by atoms with E-state index in [0.717, 1.165) is 21.3 Å². The predicted molar refractivity (Wildman–Crippen MR) is 90.7 cm³/mol. The molecule has 8 heteroatoms. The summed E-state index contributed by atoms with van der Waals surface area (Å²) in [7, 11) is 0. The van der Waals surface area contributed by atoms with Crippen LogP contribution in [0.2, 0.25) is 0 Å². The Kier molecular flexibility index (Phi) is 4.66. The first-order valence-electron chi connectivity index (χ1n) is 8.03. The van der Waals surface area contributed by atoms with Crippen LogP contribution in [0.5, 0.6) is 0 Å². The SMILES string of the molecule is CCC(=O)NCc1cc2n(n1)CCN(C(=O)c1nc(C)sc1C)C2. The Morgan fingerprint density at radius 3 is 2.79 bits per heavy atom. The molecule has 1 N–H and O–H groups in total. The zero-order valence-electron chi connectivity index (χ0n) is 14.1. The number of aryl methyl sites for hydroxylation is 2. The van der Waals surface area contributed by atoms with Crippen molar-refractivity contribution < 1.29 is 9.59 Å². The van der Waals surface area contributed by atoms with Gasteiger partial charge in [0.05, 0.1) is 36.0 Å². The maximum Gasteiger partial charge on any atom is 0.274 e. The molecule has 3 rings (SSSR count). The summed E-state index contributed by atoms with van der Waals surface area (Å²) >= 11 is 1.55. The van der Waals surface area contributed by atoms with Gasteiger partial charge in [-0.15, -0.1) is 11.3 Å². The van der Waals surface area contributed by atoms with Gasteiger partial charge in [-0.3, -0.25) is 14.3 Å². The van der Waals surface area contributed by atoms with Crippen molar-refractivity contribution in [3.8, 4) is 0 Å². The molecular formula is C16H21N5O2S. The van der Waals surface area contributed by atoms with Gasteiger partial charge in [-0.25, -0.2) is 4.98 Å². The average Bonchev–Trinajstić information content (AvgIpc) is 3.13. The number of aromatic nitrogens is 3. The number of thiazole rings is 1. The van der Waals surface area contributed by atoms with Crippen LogP contribution in [0, 0.1) is 13.8 Å². The summed E-state index contributed by atoms with van der Waals surface area (Å²) in [5.41, 5.74) is 2.36. The normalized spacial score (nSPS) is 13.7. The van der Waals surface area contributed by atoms with Crippen LogP contribution in [0.1, 0.15) is 45.1 Å². The third-order valence-electron chi connectivity index (χ3n) is 4.03. The lowest BCUT2D eigenvalue weighted by molar-refractivity contribution is -0.120. The number of fused-ring (bicyclic) bond motifs is 1. The number of carbonyl (C=O) groups is 2. The lowest BCUT2D eigenvalue weighted by atomic mass is 10.2. The van der Waals surface area contributed by atoms with Crippen molar-refractivity contribution in [1.82, 2.24) is 25.0 Å². The molecular weight excluding hydrogens is 326 g/mol. The molecule has 2 aromatic heterocycles. The van der Waals surface area contributed by atoms with E-state index in [4.69, 9.17) is 0 Å². The van der Waals surface area contributed by atoms with Crippen LogP contribution in [0.4, 0.5) is 0 Å². The van der Waals surface area contributed by atoms with Gasteiger partial charge in [-0.2, -0.15) is 5.10 Å². The van der Waals surface area contributed by atoms with Crippen LogP contribution in [0.15, 0.2) is 6.07 Å². The van der Waals surface area contributed by atoms with E-state index in [-0.39, 0.29) is 11.8 Å². The van der Waals surface area contributed by atoms with Gasteiger partial charge in [-0.05, 0) is 19.9 Å². The molecule has 128 valence electrons. The number of nitrogens with zero attached hydrogens (tertiary/aromatic N) is 4. The molecule has 24 heavy (non-hydrogen) atoms. The number of nitrogens with one attached hydrogen (secondary N) is 1. The van der Waals surface area contributed by atoms with Crippen LogP contribution >= 0.6 is 11.3 Å². The van der Waals surface area contributed by atoms with Crippen molar-refractivity contribution in [1.29, 1.82) is 0 Å². The molecule has 1 aliphatic heterocycles. The second-order valence-electron chi connectivity index (χ2n) is 5.84. The maximum atomic E-state index is 12.7. The molecule has 0 radical (unpaired) electrons. The molecule has 0 aromatic carbocycles. The first-order chi connectivity index (χ1) is 11.5. The summed E-state index contributed by atoms with van der Waals surface area (Å²) in [5.74, 6) is -0.0164. The second kappa shape index (κ2) is 6.72. The molecule has 2 amide bonds. The average molecular weight is 347 g/mol. The molecule has 0 saturated heterocycles. The van der Waals surface area contributed by atoms with Crippen molar-refractivity contribution in [2.24, 2.45) is 0 Å². The first kappa shape index (κ1) is 16.6. The van der Waals surface area contributed by atoms with E-state index in [0.29, 0.717) is 38.3 Å². The summed E-state index contributed by atoms with van der Waals surface area (Å²) < 4.78 is 1.91. The number of amides is 2. The van der Waals surface area contributed by atoms with Gasteiger partial charge in [0.25, 0.3) is 5.91 Å². The minimum absolute atomic E-state index is 0.00662. The van der Waals surface area contributed by atoms with E-state index in [2.05, 4.69) is 15.4 Å². The molecule has 7 nitrogen and oxygen atoms in total. The van der Waals surface area contributed by atoms with Gasteiger partial charge in [-0.1, -0.05) is 6.92 Å². The molecule has 0 aliphatic carbocycles. The van der Waals surface area contributed by atoms with Gasteiger partial charge in [0.2, 0.25) is 5.91 Å². The van der Waals surface area contributed by atoms with Crippen LogP contribution in [-0.4, -0.2) is 38.0 Å². The van der Waals surface area contributed by atoms with Crippen LogP contribution < -0.4 is 5.32 Å². The highest BCUT2D eigenvalue weighted by Crippen LogP contribution is 2.21. The predicted octanol–water partition coefficient (Wildman–Crippen LogP) is 1.64. The fraction of sp³-hybridized carbons (Fsp3) is 0.500. The number of rotatable bonds is 4. The Hall–Kier alpha value is -2.22. The van der Waals surface area contributed by atoms with Crippen molar-refractivity contribution >= 4 is 23.2 Å². The molecule has 0 unspecified atom stereocenters. The summed E-state index contributed by atoms with van der Waals surface area (Å²) in [6, 6.07) is 1.95. The quantitative estimate of drug-likeness (QED) is 0.912. The van der Waals surface area contributed by atoms with E-state index in [9.17, 15) is 9.59 Å². The number of carbonyl (C=O) groups excluding carboxylic acids is 2. The van der Waals surface area contributed by atoms with E-state index in [1.54, 1.807) is 11.3 Å². The zero-order chi connectivity index (χ0) is 17.3. The molecule has 0 saturated carbocycles. The van der Waals surface area contributed by atoms with Gasteiger partial charge in [0, 0.05) is 17.8 Å². The zero-order valence-corrected chi connectivity index (χ0v) is 14.9. The van der Waals surface area contributed by atoms with E-state index in [1.807, 2.05) is 36.4 Å². The lowest BCUT2D eigenvalue weighted by Gasteiger charge is -2.27. The number of hydrogen-bond acceptors (Lipinski definition) is 5. The van der Waals surface area contributed by atoms with E-state index < -0.39 is 0 Å². The topological polar surface area (TPSA) is 80.1 Å². The minimum Gasteiger partial charge on any atom is -0.350 e. The minimum atomic E-state index is -0.0230. The molecule has 0 fully saturated rings. The van der Waals surface area contributed by atoms with Crippen LogP contribution in [0.3, 0.4) is 0 Å². The van der Waals surface area contributed by atoms with E-state index in [1.165, 1.54) is 0 Å². The highest BCUT2D eigenvalue weighted by atomic mass is 32.1. The van der Waals surface area contributed by atoms with Gasteiger partial charge >= 0.3 is 0 Å². The summed E-state index contributed by atoms with van der Waals surface area (Å²) in [4.78, 5) is 31.2. The second-order valence-corrected chi connectivity index (χ2v) is 7.25. The van der Waals surface area contributed by atoms with Crippen LogP contribution in [-0.2, 0) is 24.4 Å². The monoisotopic (exact) mass is 347 g/mol. The highest BCUT2D eigenvalue weighted by Gasteiger charge is 2.26. The van der Waals surface area contributed by atoms with Crippen LogP contribution in [0.25, 0.3) is 0 Å². The van der Waals surface area contributed by atoms with Gasteiger partial charge in [0.15, 0.2) is 0 Å². The van der Waals surface area contributed by atoms with Crippen molar-refractivity contribution in [2.45, 2.75) is 46.8 Å². The Morgan fingerprint density at radius 2 is 2.12 bits per heavy atom. The third-order valence-corrected chi connectivity index (χ3v) is 4.92. The molecule has 2 aromatic rings. The summed E-state index contributed by atoms with van der Waals surface area (Å²) in [5, 5.41) is 8.23. The Morgan fingerprint density at radius 1 is 1.33 bits per heavy atom. The van der Waals surface area contributed by atoms with E-state index >= 15 is 0 Å². The first-order valence-corrected chi connectivity index (χ1v) is 8.85. The lowest BCUT2D eigenvalue weighted by Crippen LogP contribution is -2.38. The number of hydrogen-bond donors (Lipinski definition) is 1. The van der Waals surface area contributed by atoms with Gasteiger partial charge in [0.1, 0.15) is 5.69 Å². The maximum absolute atomic E-state index is 12.7.